The first kappa shape index (κ1) is 20.1. The maximum Gasteiger partial charge on any atom is 0.174 e. The molecule has 3 aromatic carbocycles. The van der Waals surface area contributed by atoms with E-state index in [1.54, 1.807) is 19.2 Å². The van der Waals surface area contributed by atoms with E-state index >= 15 is 0 Å². The van der Waals surface area contributed by atoms with Crippen molar-refractivity contribution in [1.29, 1.82) is 0 Å². The van der Waals surface area contributed by atoms with Crippen LogP contribution in [0.4, 0.5) is 10.1 Å². The maximum atomic E-state index is 14.3. The lowest BCUT2D eigenvalue weighted by Gasteiger charge is -2.27. The molecule has 0 unspecified atom stereocenters. The van der Waals surface area contributed by atoms with Crippen molar-refractivity contribution in [3.8, 4) is 5.75 Å². The van der Waals surface area contributed by atoms with E-state index in [0.29, 0.717) is 22.2 Å². The Morgan fingerprint density at radius 3 is 2.36 bits per heavy atom. The fourth-order valence-corrected chi connectivity index (χ4v) is 3.22. The molecule has 0 aromatic heterocycles. The second-order valence-electron chi connectivity index (χ2n) is 6.20. The van der Waals surface area contributed by atoms with Gasteiger partial charge in [-0.25, -0.2) is 4.39 Å². The van der Waals surface area contributed by atoms with Crippen LogP contribution in [0.3, 0.4) is 0 Å². The van der Waals surface area contributed by atoms with Gasteiger partial charge < -0.3 is 15.0 Å². The first-order valence-corrected chi connectivity index (χ1v) is 9.52. The SMILES string of the molecule is COc1ccc(NC(=S)N(Cc2ccccc2)Cc2c(F)cccc2Cl)cc1. The first-order valence-electron chi connectivity index (χ1n) is 8.73. The van der Waals surface area contributed by atoms with Gasteiger partial charge in [0.25, 0.3) is 0 Å². The van der Waals surface area contributed by atoms with Crippen LogP contribution < -0.4 is 10.1 Å². The van der Waals surface area contributed by atoms with Gasteiger partial charge in [0.2, 0.25) is 0 Å². The molecule has 0 aliphatic rings. The first-order chi connectivity index (χ1) is 13.6. The molecule has 1 N–H and O–H groups in total. The topological polar surface area (TPSA) is 24.5 Å². The van der Waals surface area contributed by atoms with Crippen LogP contribution in [0, 0.1) is 5.82 Å². The van der Waals surface area contributed by atoms with Crippen molar-refractivity contribution in [1.82, 2.24) is 4.90 Å². The molecule has 0 fully saturated rings. The van der Waals surface area contributed by atoms with E-state index in [1.807, 2.05) is 59.5 Å². The van der Waals surface area contributed by atoms with Crippen molar-refractivity contribution in [2.45, 2.75) is 13.1 Å². The van der Waals surface area contributed by atoms with E-state index < -0.39 is 0 Å². The zero-order valence-corrected chi connectivity index (χ0v) is 16.9. The lowest BCUT2D eigenvalue weighted by molar-refractivity contribution is 0.403. The molecular formula is C22H20ClFN2OS. The van der Waals surface area contributed by atoms with Gasteiger partial charge in [0, 0.05) is 29.4 Å². The Hall–Kier alpha value is -2.63. The van der Waals surface area contributed by atoms with Crippen LogP contribution >= 0.6 is 23.8 Å². The summed E-state index contributed by atoms with van der Waals surface area (Å²) in [6.07, 6.45) is 0. The number of anilines is 1. The third kappa shape index (κ3) is 5.21. The van der Waals surface area contributed by atoms with Gasteiger partial charge in [-0.3, -0.25) is 0 Å². The molecule has 0 aliphatic heterocycles. The van der Waals surface area contributed by atoms with Crippen LogP contribution in [0.2, 0.25) is 5.02 Å². The summed E-state index contributed by atoms with van der Waals surface area (Å²) >= 11 is 11.9. The minimum Gasteiger partial charge on any atom is -0.497 e. The largest absolute Gasteiger partial charge is 0.497 e. The highest BCUT2D eigenvalue weighted by molar-refractivity contribution is 7.80. The predicted octanol–water partition coefficient (Wildman–Crippen LogP) is 5.89. The Morgan fingerprint density at radius 2 is 1.71 bits per heavy atom. The summed E-state index contributed by atoms with van der Waals surface area (Å²) in [6.45, 7) is 0.774. The van der Waals surface area contributed by atoms with E-state index in [9.17, 15) is 4.39 Å². The number of hydrogen-bond acceptors (Lipinski definition) is 2. The fourth-order valence-electron chi connectivity index (χ4n) is 2.75. The van der Waals surface area contributed by atoms with E-state index in [1.165, 1.54) is 6.07 Å². The summed E-state index contributed by atoms with van der Waals surface area (Å²) in [5.74, 6) is 0.411. The Kier molecular flexibility index (Phi) is 6.85. The minimum atomic E-state index is -0.349. The van der Waals surface area contributed by atoms with Gasteiger partial charge in [0.15, 0.2) is 5.11 Å². The fraction of sp³-hybridized carbons (Fsp3) is 0.136. The third-order valence-corrected chi connectivity index (χ3v) is 4.97. The van der Waals surface area contributed by atoms with Gasteiger partial charge in [-0.15, -0.1) is 0 Å². The maximum absolute atomic E-state index is 14.3. The Morgan fingerprint density at radius 1 is 1.00 bits per heavy atom. The van der Waals surface area contributed by atoms with Crippen LogP contribution in [0.25, 0.3) is 0 Å². The molecule has 3 rings (SSSR count). The molecule has 0 saturated heterocycles. The van der Waals surface area contributed by atoms with Crippen LogP contribution in [0.15, 0.2) is 72.8 Å². The molecule has 0 aliphatic carbocycles. The minimum absolute atomic E-state index is 0.252. The van der Waals surface area contributed by atoms with Gasteiger partial charge in [0.05, 0.1) is 7.11 Å². The van der Waals surface area contributed by atoms with Crippen molar-refractivity contribution in [3.05, 3.63) is 94.8 Å². The molecule has 144 valence electrons. The number of ether oxygens (including phenoxy) is 1. The highest BCUT2D eigenvalue weighted by Crippen LogP contribution is 2.23. The molecule has 0 heterocycles. The summed E-state index contributed by atoms with van der Waals surface area (Å²) in [5.41, 5.74) is 2.30. The summed E-state index contributed by atoms with van der Waals surface area (Å²) in [6, 6.07) is 22.0. The number of methoxy groups -OCH3 is 1. The summed E-state index contributed by atoms with van der Waals surface area (Å²) in [7, 11) is 1.62. The zero-order valence-electron chi connectivity index (χ0n) is 15.4. The number of benzene rings is 3. The molecule has 0 saturated carbocycles. The molecular weight excluding hydrogens is 395 g/mol. The molecule has 0 bridgehead atoms. The van der Waals surface area contributed by atoms with E-state index in [0.717, 1.165) is 17.0 Å². The molecule has 0 amide bonds. The number of hydrogen-bond donors (Lipinski definition) is 1. The molecule has 3 nitrogen and oxygen atoms in total. The number of rotatable bonds is 6. The van der Waals surface area contributed by atoms with Gasteiger partial charge in [-0.1, -0.05) is 48.0 Å². The molecule has 0 radical (unpaired) electrons. The smallest absolute Gasteiger partial charge is 0.174 e. The van der Waals surface area contributed by atoms with Gasteiger partial charge in [0.1, 0.15) is 11.6 Å². The van der Waals surface area contributed by atoms with Crippen LogP contribution in [0.5, 0.6) is 5.75 Å². The Balaban J connectivity index is 1.83. The lowest BCUT2D eigenvalue weighted by Crippen LogP contribution is -2.34. The predicted molar refractivity (Wildman–Crippen MR) is 116 cm³/mol. The summed E-state index contributed by atoms with van der Waals surface area (Å²) in [4.78, 5) is 1.89. The average molecular weight is 415 g/mol. The van der Waals surface area contributed by atoms with Gasteiger partial charge in [-0.2, -0.15) is 0 Å². The quantitative estimate of drug-likeness (QED) is 0.508. The highest BCUT2D eigenvalue weighted by Gasteiger charge is 2.16. The van der Waals surface area contributed by atoms with E-state index in [-0.39, 0.29) is 12.4 Å². The van der Waals surface area contributed by atoms with Gasteiger partial charge in [-0.05, 0) is 54.2 Å². The van der Waals surface area contributed by atoms with Crippen molar-refractivity contribution in [2.75, 3.05) is 12.4 Å². The average Bonchev–Trinajstić information content (AvgIpc) is 2.71. The molecule has 3 aromatic rings. The number of nitrogens with zero attached hydrogens (tertiary/aromatic N) is 1. The van der Waals surface area contributed by atoms with Crippen molar-refractivity contribution in [3.63, 3.8) is 0 Å². The van der Waals surface area contributed by atoms with Crippen molar-refractivity contribution >= 4 is 34.6 Å². The number of halogens is 2. The second kappa shape index (κ2) is 9.53. The molecule has 28 heavy (non-hydrogen) atoms. The van der Waals surface area contributed by atoms with Crippen molar-refractivity contribution in [2.24, 2.45) is 0 Å². The summed E-state index contributed by atoms with van der Waals surface area (Å²) < 4.78 is 19.5. The van der Waals surface area contributed by atoms with Crippen LogP contribution in [0.1, 0.15) is 11.1 Å². The standard InChI is InChI=1S/C22H20ClFN2OS/c1-27-18-12-10-17(11-13-18)25-22(28)26(14-16-6-3-2-4-7-16)15-19-20(23)8-5-9-21(19)24/h2-13H,14-15H2,1H3,(H,25,28). The van der Waals surface area contributed by atoms with Crippen LogP contribution in [-0.2, 0) is 13.1 Å². The molecule has 0 atom stereocenters. The second-order valence-corrected chi connectivity index (χ2v) is 6.99. The Labute approximate surface area is 174 Å². The number of nitrogens with one attached hydrogen (secondary N) is 1. The van der Waals surface area contributed by atoms with Gasteiger partial charge >= 0.3 is 0 Å². The monoisotopic (exact) mass is 414 g/mol. The summed E-state index contributed by atoms with van der Waals surface area (Å²) in [5, 5.41) is 4.07. The molecule has 6 heteroatoms. The van der Waals surface area contributed by atoms with Crippen LogP contribution in [-0.4, -0.2) is 17.1 Å². The van der Waals surface area contributed by atoms with E-state index in [2.05, 4.69) is 5.32 Å². The molecule has 0 spiro atoms. The lowest BCUT2D eigenvalue weighted by atomic mass is 10.1. The Bertz CT molecular complexity index is 915. The normalized spacial score (nSPS) is 10.4. The number of thiocarbonyl (C=S) groups is 1. The zero-order chi connectivity index (χ0) is 19.9. The highest BCUT2D eigenvalue weighted by atomic mass is 35.5. The van der Waals surface area contributed by atoms with E-state index in [4.69, 9.17) is 28.6 Å². The third-order valence-electron chi connectivity index (χ3n) is 4.26. The van der Waals surface area contributed by atoms with Crippen molar-refractivity contribution < 1.29 is 9.13 Å².